The number of hydrogen-bond donors (Lipinski definition) is 2. The van der Waals surface area contributed by atoms with Crippen LogP contribution in [0.15, 0.2) is 29.4 Å². The van der Waals surface area contributed by atoms with Crippen LogP contribution < -0.4 is 10.7 Å². The zero-order valence-electron chi connectivity index (χ0n) is 13.2. The van der Waals surface area contributed by atoms with Crippen LogP contribution in [0.2, 0.25) is 0 Å². The van der Waals surface area contributed by atoms with E-state index in [1.807, 2.05) is 30.5 Å². The number of carbonyl (C=O) groups excluding carboxylic acids is 1. The molecule has 1 aromatic heterocycles. The summed E-state index contributed by atoms with van der Waals surface area (Å²) in [6, 6.07) is 7.52. The molecule has 0 aliphatic carbocycles. The number of fused-ring (bicyclic) bond motifs is 1. The van der Waals surface area contributed by atoms with Crippen molar-refractivity contribution in [2.75, 3.05) is 5.32 Å². The number of amides is 1. The lowest BCUT2D eigenvalue weighted by molar-refractivity contribution is -0.121. The van der Waals surface area contributed by atoms with Crippen LogP contribution in [0.5, 0.6) is 0 Å². The second-order valence-corrected chi connectivity index (χ2v) is 6.21. The fourth-order valence-electron chi connectivity index (χ4n) is 1.99. The molecule has 0 aliphatic rings. The van der Waals surface area contributed by atoms with Gasteiger partial charge in [0.25, 0.3) is 5.91 Å². The summed E-state index contributed by atoms with van der Waals surface area (Å²) in [7, 11) is 0. The maximum Gasteiger partial charge on any atom is 0.262 e. The quantitative estimate of drug-likeness (QED) is 0.605. The van der Waals surface area contributed by atoms with E-state index in [0.717, 1.165) is 28.2 Å². The Labute approximate surface area is 134 Å². The highest BCUT2D eigenvalue weighted by molar-refractivity contribution is 7.22. The number of hydrogen-bond acceptors (Lipinski definition) is 5. The number of thiazole rings is 1. The lowest BCUT2D eigenvalue weighted by Crippen LogP contribution is -2.35. The first-order chi connectivity index (χ1) is 10.6. The van der Waals surface area contributed by atoms with Crippen LogP contribution in [-0.2, 0) is 4.79 Å². The minimum absolute atomic E-state index is 0.165. The van der Waals surface area contributed by atoms with Gasteiger partial charge in [-0.1, -0.05) is 37.3 Å². The molecule has 0 fully saturated rings. The SMILES string of the molecule is CCC(/C=N\NC(=O)[C@@H](C)Nc1nc2ccccc2s1)CC. The fraction of sp³-hybridized carbons (Fsp3) is 0.438. The molecule has 0 spiro atoms. The molecule has 0 bridgehead atoms. The van der Waals surface area contributed by atoms with Gasteiger partial charge in [0.1, 0.15) is 6.04 Å². The minimum Gasteiger partial charge on any atom is -0.350 e. The van der Waals surface area contributed by atoms with E-state index in [1.165, 1.54) is 11.3 Å². The van der Waals surface area contributed by atoms with E-state index in [4.69, 9.17) is 0 Å². The number of nitrogens with zero attached hydrogens (tertiary/aromatic N) is 2. The summed E-state index contributed by atoms with van der Waals surface area (Å²) < 4.78 is 1.10. The molecule has 2 rings (SSSR count). The molecule has 0 aliphatic heterocycles. The van der Waals surface area contributed by atoms with E-state index in [9.17, 15) is 4.79 Å². The van der Waals surface area contributed by atoms with Crippen molar-refractivity contribution >= 4 is 38.8 Å². The monoisotopic (exact) mass is 318 g/mol. The molecular formula is C16H22N4OS. The van der Waals surface area contributed by atoms with Gasteiger partial charge in [-0.2, -0.15) is 5.10 Å². The van der Waals surface area contributed by atoms with Crippen LogP contribution in [-0.4, -0.2) is 23.1 Å². The number of hydrazone groups is 1. The molecule has 0 unspecified atom stereocenters. The van der Waals surface area contributed by atoms with Crippen molar-refractivity contribution in [3.8, 4) is 0 Å². The first-order valence-electron chi connectivity index (χ1n) is 7.59. The van der Waals surface area contributed by atoms with Gasteiger partial charge in [-0.05, 0) is 37.8 Å². The number of benzene rings is 1. The number of rotatable bonds is 7. The smallest absolute Gasteiger partial charge is 0.262 e. The lowest BCUT2D eigenvalue weighted by Gasteiger charge is -2.11. The average molecular weight is 318 g/mol. The topological polar surface area (TPSA) is 66.4 Å². The fourth-order valence-corrected chi connectivity index (χ4v) is 2.94. The summed E-state index contributed by atoms with van der Waals surface area (Å²) >= 11 is 1.54. The lowest BCUT2D eigenvalue weighted by atomic mass is 10.1. The Morgan fingerprint density at radius 1 is 1.36 bits per heavy atom. The van der Waals surface area contributed by atoms with Crippen LogP contribution in [0.1, 0.15) is 33.6 Å². The van der Waals surface area contributed by atoms with Crippen molar-refractivity contribution in [2.24, 2.45) is 11.0 Å². The zero-order chi connectivity index (χ0) is 15.9. The summed E-state index contributed by atoms with van der Waals surface area (Å²) in [5.74, 6) is 0.245. The van der Waals surface area contributed by atoms with Crippen molar-refractivity contribution < 1.29 is 4.79 Å². The molecule has 2 N–H and O–H groups in total. The maximum atomic E-state index is 12.0. The van der Waals surface area contributed by atoms with Gasteiger partial charge in [-0.25, -0.2) is 10.4 Å². The Hall–Kier alpha value is -1.95. The third-order valence-electron chi connectivity index (χ3n) is 3.54. The number of anilines is 1. The van der Waals surface area contributed by atoms with Crippen molar-refractivity contribution in [1.82, 2.24) is 10.4 Å². The summed E-state index contributed by atoms with van der Waals surface area (Å²) in [6.45, 7) is 6.02. The van der Waals surface area contributed by atoms with Gasteiger partial charge in [0.2, 0.25) is 0 Å². The molecule has 0 saturated carbocycles. The van der Waals surface area contributed by atoms with Gasteiger partial charge in [-0.3, -0.25) is 4.79 Å². The Morgan fingerprint density at radius 2 is 2.09 bits per heavy atom. The normalized spacial score (nSPS) is 12.9. The molecule has 0 radical (unpaired) electrons. The molecule has 1 amide bonds. The van der Waals surface area contributed by atoms with E-state index in [1.54, 1.807) is 6.92 Å². The average Bonchev–Trinajstić information content (AvgIpc) is 2.93. The molecule has 118 valence electrons. The van der Waals surface area contributed by atoms with Gasteiger partial charge >= 0.3 is 0 Å². The van der Waals surface area contributed by atoms with Gasteiger partial charge in [0, 0.05) is 6.21 Å². The van der Waals surface area contributed by atoms with Gasteiger partial charge in [-0.15, -0.1) is 0 Å². The van der Waals surface area contributed by atoms with Gasteiger partial charge in [0.05, 0.1) is 10.2 Å². The molecule has 0 saturated heterocycles. The molecule has 2 aromatic rings. The highest BCUT2D eigenvalue weighted by Gasteiger charge is 2.14. The molecule has 1 atom stereocenters. The van der Waals surface area contributed by atoms with Gasteiger partial charge < -0.3 is 5.32 Å². The number of carbonyl (C=O) groups is 1. The van der Waals surface area contributed by atoms with E-state index in [0.29, 0.717) is 5.92 Å². The number of para-hydroxylation sites is 1. The van der Waals surface area contributed by atoms with E-state index < -0.39 is 0 Å². The van der Waals surface area contributed by atoms with Crippen LogP contribution in [0.4, 0.5) is 5.13 Å². The zero-order valence-corrected chi connectivity index (χ0v) is 14.0. The molecule has 6 heteroatoms. The molecular weight excluding hydrogens is 296 g/mol. The van der Waals surface area contributed by atoms with Gasteiger partial charge in [0.15, 0.2) is 5.13 Å². The Morgan fingerprint density at radius 3 is 2.77 bits per heavy atom. The maximum absolute atomic E-state index is 12.0. The summed E-state index contributed by atoms with van der Waals surface area (Å²) in [5.41, 5.74) is 3.52. The Balaban J connectivity index is 1.90. The Bertz CT molecular complexity index is 615. The van der Waals surface area contributed by atoms with Crippen LogP contribution in [0.3, 0.4) is 0 Å². The van der Waals surface area contributed by atoms with Crippen LogP contribution >= 0.6 is 11.3 Å². The number of aromatic nitrogens is 1. The predicted molar refractivity (Wildman–Crippen MR) is 93.4 cm³/mol. The van der Waals surface area contributed by atoms with E-state index in [-0.39, 0.29) is 11.9 Å². The summed E-state index contributed by atoms with van der Waals surface area (Å²) in [6.07, 6.45) is 3.85. The van der Waals surface area contributed by atoms with E-state index >= 15 is 0 Å². The largest absolute Gasteiger partial charge is 0.350 e. The number of nitrogens with one attached hydrogen (secondary N) is 2. The second-order valence-electron chi connectivity index (χ2n) is 5.18. The molecule has 5 nitrogen and oxygen atoms in total. The predicted octanol–water partition coefficient (Wildman–Crippen LogP) is 3.63. The van der Waals surface area contributed by atoms with Crippen molar-refractivity contribution in [1.29, 1.82) is 0 Å². The minimum atomic E-state index is -0.389. The van der Waals surface area contributed by atoms with Crippen molar-refractivity contribution in [3.05, 3.63) is 24.3 Å². The first-order valence-corrected chi connectivity index (χ1v) is 8.40. The standard InChI is InChI=1S/C16H22N4OS/c1-4-12(5-2)10-17-20-15(21)11(3)18-16-19-13-8-6-7-9-14(13)22-16/h6-12H,4-5H2,1-3H3,(H,18,19)(H,20,21)/b17-10-/t11-/m1/s1. The highest BCUT2D eigenvalue weighted by Crippen LogP contribution is 2.25. The highest BCUT2D eigenvalue weighted by atomic mass is 32.1. The van der Waals surface area contributed by atoms with Crippen molar-refractivity contribution in [3.63, 3.8) is 0 Å². The van der Waals surface area contributed by atoms with Crippen molar-refractivity contribution in [2.45, 2.75) is 39.7 Å². The van der Waals surface area contributed by atoms with Crippen LogP contribution in [0, 0.1) is 5.92 Å². The Kier molecular flexibility index (Phi) is 5.89. The first kappa shape index (κ1) is 16.4. The summed E-state index contributed by atoms with van der Waals surface area (Å²) in [4.78, 5) is 16.5. The van der Waals surface area contributed by atoms with E-state index in [2.05, 4.69) is 34.7 Å². The third kappa shape index (κ3) is 4.27. The third-order valence-corrected chi connectivity index (χ3v) is 4.50. The molecule has 1 aromatic carbocycles. The molecule has 22 heavy (non-hydrogen) atoms. The summed E-state index contributed by atoms with van der Waals surface area (Å²) in [5, 5.41) is 7.90. The van der Waals surface area contributed by atoms with Crippen LogP contribution in [0.25, 0.3) is 10.2 Å². The second kappa shape index (κ2) is 7.89. The molecule has 1 heterocycles.